The maximum Gasteiger partial charge on any atom is 0.229 e. The van der Waals surface area contributed by atoms with Gasteiger partial charge in [0.1, 0.15) is 0 Å². The summed E-state index contributed by atoms with van der Waals surface area (Å²) < 4.78 is 0. The van der Waals surface area contributed by atoms with Crippen LogP contribution in [0.4, 0.5) is 0 Å². The maximum atomic E-state index is 11.3. The normalized spacial score (nSPS) is 18.1. The SMILES string of the molecule is CCCC(=O)N1CCCCC1=O. The van der Waals surface area contributed by atoms with Crippen LogP contribution in [-0.4, -0.2) is 23.3 Å². The average molecular weight is 169 g/mol. The zero-order valence-electron chi connectivity index (χ0n) is 7.51. The number of hydrogen-bond donors (Lipinski definition) is 0. The first kappa shape index (κ1) is 9.23. The van der Waals surface area contributed by atoms with Gasteiger partial charge in [-0.25, -0.2) is 0 Å². The Bertz CT molecular complexity index is 189. The minimum Gasteiger partial charge on any atom is -0.283 e. The fourth-order valence-electron chi connectivity index (χ4n) is 1.42. The van der Waals surface area contributed by atoms with Crippen molar-refractivity contribution in [2.45, 2.75) is 39.0 Å². The lowest BCUT2D eigenvalue weighted by Gasteiger charge is -2.24. The van der Waals surface area contributed by atoms with E-state index in [0.29, 0.717) is 19.4 Å². The number of imide groups is 1. The molecule has 3 nitrogen and oxygen atoms in total. The Morgan fingerprint density at radius 2 is 2.25 bits per heavy atom. The van der Waals surface area contributed by atoms with Crippen LogP contribution in [0, 0.1) is 0 Å². The van der Waals surface area contributed by atoms with Gasteiger partial charge in [0.05, 0.1) is 0 Å². The number of hydrogen-bond acceptors (Lipinski definition) is 2. The molecular weight excluding hydrogens is 154 g/mol. The monoisotopic (exact) mass is 169 g/mol. The lowest BCUT2D eigenvalue weighted by atomic mass is 10.1. The van der Waals surface area contributed by atoms with Gasteiger partial charge in [0.25, 0.3) is 0 Å². The fourth-order valence-corrected chi connectivity index (χ4v) is 1.42. The van der Waals surface area contributed by atoms with Crippen LogP contribution in [0.15, 0.2) is 0 Å². The Hall–Kier alpha value is -0.860. The van der Waals surface area contributed by atoms with Crippen molar-refractivity contribution < 1.29 is 9.59 Å². The molecule has 1 saturated heterocycles. The summed E-state index contributed by atoms with van der Waals surface area (Å²) in [5.74, 6) is 0.0156. The second-order valence-corrected chi connectivity index (χ2v) is 3.15. The summed E-state index contributed by atoms with van der Waals surface area (Å²) in [6.45, 7) is 2.59. The van der Waals surface area contributed by atoms with Crippen molar-refractivity contribution in [1.82, 2.24) is 4.90 Å². The van der Waals surface area contributed by atoms with Crippen molar-refractivity contribution in [3.8, 4) is 0 Å². The summed E-state index contributed by atoms with van der Waals surface area (Å²) in [5.41, 5.74) is 0. The summed E-state index contributed by atoms with van der Waals surface area (Å²) in [6, 6.07) is 0. The average Bonchev–Trinajstić information content (AvgIpc) is 2.05. The van der Waals surface area contributed by atoms with E-state index < -0.39 is 0 Å². The molecule has 0 radical (unpaired) electrons. The van der Waals surface area contributed by atoms with Gasteiger partial charge in [-0.3, -0.25) is 14.5 Å². The molecule has 2 amide bonds. The first-order valence-corrected chi connectivity index (χ1v) is 4.59. The van der Waals surface area contributed by atoms with Gasteiger partial charge in [0.15, 0.2) is 0 Å². The molecule has 0 N–H and O–H groups in total. The summed E-state index contributed by atoms with van der Waals surface area (Å²) in [4.78, 5) is 23.9. The van der Waals surface area contributed by atoms with Gasteiger partial charge < -0.3 is 0 Å². The Kier molecular flexibility index (Phi) is 3.26. The van der Waals surface area contributed by atoms with E-state index in [0.717, 1.165) is 19.3 Å². The smallest absolute Gasteiger partial charge is 0.229 e. The molecule has 1 fully saturated rings. The molecule has 0 aromatic carbocycles. The van der Waals surface area contributed by atoms with E-state index in [1.54, 1.807) is 0 Å². The Balaban J connectivity index is 2.48. The third-order valence-electron chi connectivity index (χ3n) is 2.09. The van der Waals surface area contributed by atoms with E-state index in [-0.39, 0.29) is 11.8 Å². The van der Waals surface area contributed by atoms with E-state index in [1.165, 1.54) is 4.90 Å². The van der Waals surface area contributed by atoms with Crippen molar-refractivity contribution in [3.63, 3.8) is 0 Å². The first-order valence-electron chi connectivity index (χ1n) is 4.59. The van der Waals surface area contributed by atoms with Gasteiger partial charge in [-0.1, -0.05) is 6.92 Å². The molecule has 1 heterocycles. The molecule has 1 rings (SSSR count). The summed E-state index contributed by atoms with van der Waals surface area (Å²) in [6.07, 6.45) is 3.79. The van der Waals surface area contributed by atoms with Gasteiger partial charge in [-0.05, 0) is 19.3 Å². The van der Waals surface area contributed by atoms with Crippen LogP contribution < -0.4 is 0 Å². The standard InChI is InChI=1S/C9H15NO2/c1-2-5-8(11)10-7-4-3-6-9(10)12/h2-7H2,1H3. The van der Waals surface area contributed by atoms with Crippen LogP contribution in [-0.2, 0) is 9.59 Å². The Morgan fingerprint density at radius 3 is 2.83 bits per heavy atom. The van der Waals surface area contributed by atoms with E-state index in [4.69, 9.17) is 0 Å². The molecule has 0 bridgehead atoms. The lowest BCUT2D eigenvalue weighted by Crippen LogP contribution is -2.39. The van der Waals surface area contributed by atoms with Gasteiger partial charge >= 0.3 is 0 Å². The lowest BCUT2D eigenvalue weighted by molar-refractivity contribution is -0.146. The second kappa shape index (κ2) is 4.24. The third kappa shape index (κ3) is 2.06. The predicted molar refractivity (Wildman–Crippen MR) is 45.5 cm³/mol. The van der Waals surface area contributed by atoms with Crippen LogP contribution in [0.3, 0.4) is 0 Å². The van der Waals surface area contributed by atoms with E-state index in [1.807, 2.05) is 6.92 Å². The third-order valence-corrected chi connectivity index (χ3v) is 2.09. The number of likely N-dealkylation sites (tertiary alicyclic amines) is 1. The fraction of sp³-hybridized carbons (Fsp3) is 0.778. The highest BCUT2D eigenvalue weighted by molar-refractivity contribution is 5.95. The molecule has 0 spiro atoms. The molecule has 1 aliphatic heterocycles. The van der Waals surface area contributed by atoms with Crippen LogP contribution in [0.2, 0.25) is 0 Å². The van der Waals surface area contributed by atoms with E-state index >= 15 is 0 Å². The number of carbonyl (C=O) groups is 2. The van der Waals surface area contributed by atoms with Crippen molar-refractivity contribution in [3.05, 3.63) is 0 Å². The molecular formula is C9H15NO2. The van der Waals surface area contributed by atoms with Crippen molar-refractivity contribution in [1.29, 1.82) is 0 Å². The Morgan fingerprint density at radius 1 is 1.50 bits per heavy atom. The highest BCUT2D eigenvalue weighted by Gasteiger charge is 2.22. The zero-order valence-corrected chi connectivity index (χ0v) is 7.51. The van der Waals surface area contributed by atoms with Gasteiger partial charge in [-0.15, -0.1) is 0 Å². The van der Waals surface area contributed by atoms with Crippen molar-refractivity contribution >= 4 is 11.8 Å². The molecule has 0 aliphatic carbocycles. The van der Waals surface area contributed by atoms with Crippen molar-refractivity contribution in [2.24, 2.45) is 0 Å². The second-order valence-electron chi connectivity index (χ2n) is 3.15. The van der Waals surface area contributed by atoms with Crippen LogP contribution in [0.25, 0.3) is 0 Å². The molecule has 68 valence electrons. The number of piperidine rings is 1. The van der Waals surface area contributed by atoms with Gasteiger partial charge in [0.2, 0.25) is 11.8 Å². The minimum absolute atomic E-state index is 0.00204. The minimum atomic E-state index is 0.00204. The Labute approximate surface area is 72.7 Å². The van der Waals surface area contributed by atoms with Crippen LogP contribution >= 0.6 is 0 Å². The molecule has 0 aromatic rings. The predicted octanol–water partition coefficient (Wildman–Crippen LogP) is 1.33. The highest BCUT2D eigenvalue weighted by atomic mass is 16.2. The highest BCUT2D eigenvalue weighted by Crippen LogP contribution is 2.11. The van der Waals surface area contributed by atoms with Gasteiger partial charge in [-0.2, -0.15) is 0 Å². The molecule has 0 saturated carbocycles. The molecule has 3 heteroatoms. The molecule has 0 atom stereocenters. The summed E-state index contributed by atoms with van der Waals surface area (Å²) in [7, 11) is 0. The molecule has 1 aliphatic rings. The van der Waals surface area contributed by atoms with Crippen LogP contribution in [0.1, 0.15) is 39.0 Å². The van der Waals surface area contributed by atoms with Crippen molar-refractivity contribution in [2.75, 3.05) is 6.54 Å². The van der Waals surface area contributed by atoms with E-state index in [2.05, 4.69) is 0 Å². The maximum absolute atomic E-state index is 11.3. The number of amides is 2. The summed E-state index contributed by atoms with van der Waals surface area (Å²) in [5, 5.41) is 0. The molecule has 12 heavy (non-hydrogen) atoms. The largest absolute Gasteiger partial charge is 0.283 e. The number of carbonyl (C=O) groups excluding carboxylic acids is 2. The number of rotatable bonds is 2. The van der Waals surface area contributed by atoms with E-state index in [9.17, 15) is 9.59 Å². The zero-order chi connectivity index (χ0) is 8.97. The summed E-state index contributed by atoms with van der Waals surface area (Å²) >= 11 is 0. The topological polar surface area (TPSA) is 37.4 Å². The van der Waals surface area contributed by atoms with Gasteiger partial charge in [0, 0.05) is 19.4 Å². The quantitative estimate of drug-likeness (QED) is 0.625. The van der Waals surface area contributed by atoms with Crippen LogP contribution in [0.5, 0.6) is 0 Å². The first-order chi connectivity index (χ1) is 5.75. The molecule has 0 aromatic heterocycles. The molecule has 0 unspecified atom stereocenters. The number of nitrogens with zero attached hydrogens (tertiary/aromatic N) is 1.